The van der Waals surface area contributed by atoms with E-state index in [1.165, 1.54) is 18.2 Å². The Morgan fingerprint density at radius 3 is 2.33 bits per heavy atom. The zero-order valence-corrected chi connectivity index (χ0v) is 7.55. The quantitative estimate of drug-likeness (QED) is 0.764. The fraction of sp³-hybridized carbons (Fsp3) is 0.100. The molecule has 0 bridgehead atoms. The lowest BCUT2D eigenvalue weighted by Crippen LogP contribution is -2.18. The Labute approximate surface area is 84.6 Å². The highest BCUT2D eigenvalue weighted by Gasteiger charge is 2.33. The van der Waals surface area contributed by atoms with Crippen LogP contribution < -0.4 is 5.32 Å². The molecule has 15 heavy (non-hydrogen) atoms. The Morgan fingerprint density at radius 1 is 1.27 bits per heavy atom. The van der Waals surface area contributed by atoms with Gasteiger partial charge in [0.2, 0.25) is 0 Å². The van der Waals surface area contributed by atoms with E-state index < -0.39 is 11.9 Å². The van der Waals surface area contributed by atoms with Crippen molar-refractivity contribution in [2.75, 3.05) is 5.32 Å². The first kappa shape index (κ1) is 11.1. The van der Waals surface area contributed by atoms with Gasteiger partial charge in [-0.3, -0.25) is 0 Å². The molecule has 0 aliphatic heterocycles. The van der Waals surface area contributed by atoms with E-state index in [1.54, 1.807) is 18.2 Å². The lowest BCUT2D eigenvalue weighted by molar-refractivity contribution is -0.0902. The second-order valence-corrected chi connectivity index (χ2v) is 2.68. The maximum absolute atomic E-state index is 12.3. The summed E-state index contributed by atoms with van der Waals surface area (Å²) < 4.78 is 36.9. The first-order valence-corrected chi connectivity index (χ1v) is 4.03. The van der Waals surface area contributed by atoms with Gasteiger partial charge < -0.3 is 5.32 Å². The Bertz CT molecular complexity index is 387. The molecule has 1 N–H and O–H groups in total. The third kappa shape index (κ3) is 3.35. The van der Waals surface area contributed by atoms with Crippen molar-refractivity contribution in [3.8, 4) is 6.07 Å². The molecule has 0 saturated heterocycles. The van der Waals surface area contributed by atoms with Gasteiger partial charge in [-0.1, -0.05) is 18.2 Å². The van der Waals surface area contributed by atoms with E-state index in [0.29, 0.717) is 6.08 Å². The molecule has 0 saturated carbocycles. The lowest BCUT2D eigenvalue weighted by atomic mass is 10.3. The fourth-order valence-electron chi connectivity index (χ4n) is 0.930. The first-order valence-electron chi connectivity index (χ1n) is 4.03. The zero-order valence-electron chi connectivity index (χ0n) is 7.55. The second kappa shape index (κ2) is 4.51. The molecule has 1 rings (SSSR count). The second-order valence-electron chi connectivity index (χ2n) is 2.68. The van der Waals surface area contributed by atoms with Gasteiger partial charge in [-0.15, -0.1) is 0 Å². The number of anilines is 1. The van der Waals surface area contributed by atoms with Gasteiger partial charge in [0, 0.05) is 11.8 Å². The topological polar surface area (TPSA) is 35.8 Å². The highest BCUT2D eigenvalue weighted by molar-refractivity contribution is 5.49. The average molecular weight is 212 g/mol. The molecular formula is C10H7F3N2. The first-order chi connectivity index (χ1) is 7.04. The minimum Gasteiger partial charge on any atom is -0.351 e. The third-order valence-electron chi connectivity index (χ3n) is 1.57. The molecule has 0 spiro atoms. The Balaban J connectivity index is 2.88. The zero-order chi connectivity index (χ0) is 11.3. The molecule has 1 aromatic carbocycles. The molecule has 0 heterocycles. The van der Waals surface area contributed by atoms with Crippen LogP contribution in [0.25, 0.3) is 0 Å². The number of hydrogen-bond donors (Lipinski definition) is 1. The summed E-state index contributed by atoms with van der Waals surface area (Å²) in [7, 11) is 0. The molecule has 78 valence electrons. The molecule has 2 nitrogen and oxygen atoms in total. The summed E-state index contributed by atoms with van der Waals surface area (Å²) in [6.45, 7) is 0. The summed E-state index contributed by atoms with van der Waals surface area (Å²) in [4.78, 5) is 0. The molecule has 0 aromatic heterocycles. The van der Waals surface area contributed by atoms with Crippen LogP contribution in [-0.4, -0.2) is 6.18 Å². The smallest absolute Gasteiger partial charge is 0.351 e. The number of nitriles is 1. The van der Waals surface area contributed by atoms with Gasteiger partial charge in [0.15, 0.2) is 0 Å². The standard InChI is InChI=1S/C10H7F3N2/c11-10(12,13)9(6-7-14)15-8-4-2-1-3-5-8/h1-6,15H/b9-6-. The van der Waals surface area contributed by atoms with Gasteiger partial charge in [-0.05, 0) is 12.1 Å². The summed E-state index contributed by atoms with van der Waals surface area (Å²) in [5, 5.41) is 10.3. The van der Waals surface area contributed by atoms with Crippen molar-refractivity contribution in [1.82, 2.24) is 0 Å². The van der Waals surface area contributed by atoms with Crippen LogP contribution in [0, 0.1) is 11.3 Å². The van der Waals surface area contributed by atoms with E-state index >= 15 is 0 Å². The summed E-state index contributed by atoms with van der Waals surface area (Å²) in [6.07, 6.45) is -4.11. The fourth-order valence-corrected chi connectivity index (χ4v) is 0.930. The van der Waals surface area contributed by atoms with Crippen LogP contribution in [0.2, 0.25) is 0 Å². The number of alkyl halides is 3. The number of benzene rings is 1. The van der Waals surface area contributed by atoms with Crippen molar-refractivity contribution in [2.24, 2.45) is 0 Å². The van der Waals surface area contributed by atoms with Crippen molar-refractivity contribution in [3.05, 3.63) is 42.1 Å². The number of nitrogens with zero attached hydrogens (tertiary/aromatic N) is 1. The van der Waals surface area contributed by atoms with E-state index in [4.69, 9.17) is 5.26 Å². The largest absolute Gasteiger partial charge is 0.431 e. The molecule has 0 fully saturated rings. The minimum atomic E-state index is -4.55. The van der Waals surface area contributed by atoms with Gasteiger partial charge in [0.1, 0.15) is 5.70 Å². The number of allylic oxidation sites excluding steroid dienone is 2. The van der Waals surface area contributed by atoms with Crippen LogP contribution >= 0.6 is 0 Å². The van der Waals surface area contributed by atoms with Crippen LogP contribution in [0.1, 0.15) is 0 Å². The van der Waals surface area contributed by atoms with Gasteiger partial charge in [-0.2, -0.15) is 18.4 Å². The van der Waals surface area contributed by atoms with Crippen LogP contribution in [0.15, 0.2) is 42.1 Å². The van der Waals surface area contributed by atoms with E-state index in [-0.39, 0.29) is 5.69 Å². The maximum Gasteiger partial charge on any atom is 0.431 e. The number of hydrogen-bond acceptors (Lipinski definition) is 2. The Hall–Kier alpha value is -1.96. The summed E-state index contributed by atoms with van der Waals surface area (Å²) in [6, 6.07) is 9.20. The lowest BCUT2D eigenvalue weighted by Gasteiger charge is -2.12. The van der Waals surface area contributed by atoms with E-state index in [2.05, 4.69) is 5.32 Å². The number of nitrogens with one attached hydrogen (secondary N) is 1. The predicted molar refractivity (Wildman–Crippen MR) is 49.8 cm³/mol. The molecule has 0 radical (unpaired) electrons. The van der Waals surface area contributed by atoms with Crippen molar-refractivity contribution >= 4 is 5.69 Å². The normalized spacial score (nSPS) is 12.0. The Kier molecular flexibility index (Phi) is 3.34. The highest BCUT2D eigenvalue weighted by Crippen LogP contribution is 2.26. The van der Waals surface area contributed by atoms with Crippen molar-refractivity contribution < 1.29 is 13.2 Å². The van der Waals surface area contributed by atoms with E-state index in [0.717, 1.165) is 0 Å². The molecule has 5 heteroatoms. The monoisotopic (exact) mass is 212 g/mol. The number of halogens is 3. The molecule has 0 aliphatic carbocycles. The van der Waals surface area contributed by atoms with Gasteiger partial charge >= 0.3 is 6.18 Å². The number of para-hydroxylation sites is 1. The van der Waals surface area contributed by atoms with E-state index in [1.807, 2.05) is 0 Å². The summed E-state index contributed by atoms with van der Waals surface area (Å²) >= 11 is 0. The van der Waals surface area contributed by atoms with Crippen LogP contribution in [-0.2, 0) is 0 Å². The SMILES string of the molecule is N#C/C=C(\Nc1ccccc1)C(F)(F)F. The minimum absolute atomic E-state index is 0.288. The predicted octanol–water partition coefficient (Wildman–Crippen LogP) is 3.07. The third-order valence-corrected chi connectivity index (χ3v) is 1.57. The molecule has 0 atom stereocenters. The van der Waals surface area contributed by atoms with Crippen molar-refractivity contribution in [2.45, 2.75) is 6.18 Å². The molecule has 1 aromatic rings. The Morgan fingerprint density at radius 2 is 1.87 bits per heavy atom. The highest BCUT2D eigenvalue weighted by atomic mass is 19.4. The summed E-state index contributed by atoms with van der Waals surface area (Å²) in [5.74, 6) is 0. The molecule has 0 amide bonds. The van der Waals surface area contributed by atoms with Crippen molar-refractivity contribution in [3.63, 3.8) is 0 Å². The molecular weight excluding hydrogens is 205 g/mol. The van der Waals surface area contributed by atoms with E-state index in [9.17, 15) is 13.2 Å². The van der Waals surface area contributed by atoms with Crippen LogP contribution in [0.3, 0.4) is 0 Å². The van der Waals surface area contributed by atoms with Crippen LogP contribution in [0.4, 0.5) is 18.9 Å². The van der Waals surface area contributed by atoms with Gasteiger partial charge in [0.25, 0.3) is 0 Å². The average Bonchev–Trinajstić information content (AvgIpc) is 2.17. The van der Waals surface area contributed by atoms with Crippen molar-refractivity contribution in [1.29, 1.82) is 5.26 Å². The molecule has 0 aliphatic rings. The van der Waals surface area contributed by atoms with Gasteiger partial charge in [-0.25, -0.2) is 0 Å². The summed E-state index contributed by atoms with van der Waals surface area (Å²) in [5.41, 5.74) is -0.785. The van der Waals surface area contributed by atoms with Gasteiger partial charge in [0.05, 0.1) is 6.07 Å². The molecule has 0 unspecified atom stereocenters. The maximum atomic E-state index is 12.3. The van der Waals surface area contributed by atoms with Crippen LogP contribution in [0.5, 0.6) is 0 Å². The number of rotatable bonds is 2.